The number of nitrogen functional groups attached to an aromatic ring is 1. The summed E-state index contributed by atoms with van der Waals surface area (Å²) >= 11 is 0. The summed E-state index contributed by atoms with van der Waals surface area (Å²) in [4.78, 5) is 11.3. The molecule has 0 saturated carbocycles. The highest BCUT2D eigenvalue weighted by atomic mass is 16.5. The highest BCUT2D eigenvalue weighted by Gasteiger charge is 2.21. The van der Waals surface area contributed by atoms with Crippen LogP contribution in [0.3, 0.4) is 0 Å². The van der Waals surface area contributed by atoms with Crippen molar-refractivity contribution in [1.82, 2.24) is 15.0 Å². The highest BCUT2D eigenvalue weighted by Crippen LogP contribution is 2.29. The van der Waals surface area contributed by atoms with Gasteiger partial charge in [-0.25, -0.2) is 9.48 Å². The van der Waals surface area contributed by atoms with Gasteiger partial charge in [-0.05, 0) is 24.6 Å². The zero-order chi connectivity index (χ0) is 15.4. The normalized spacial score (nSPS) is 10.6. The van der Waals surface area contributed by atoms with Gasteiger partial charge in [-0.1, -0.05) is 18.6 Å². The molecule has 1 aromatic heterocycles. The molecule has 0 fully saturated rings. The highest BCUT2D eigenvalue weighted by molar-refractivity contribution is 5.93. The number of hydrogen-bond donors (Lipinski definition) is 2. The summed E-state index contributed by atoms with van der Waals surface area (Å²) in [5.41, 5.74) is 7.38. The van der Waals surface area contributed by atoms with Crippen LogP contribution in [-0.2, 0) is 6.54 Å². The first-order valence-electron chi connectivity index (χ1n) is 6.69. The molecule has 0 bridgehead atoms. The Bertz CT molecular complexity index is 652. The number of aryl methyl sites for hydroxylation is 1. The number of nitrogens with two attached hydrogens (primary N) is 1. The Morgan fingerprint density at radius 2 is 2.24 bits per heavy atom. The largest absolute Gasteiger partial charge is 0.495 e. The van der Waals surface area contributed by atoms with Crippen LogP contribution in [0.4, 0.5) is 5.69 Å². The van der Waals surface area contributed by atoms with Gasteiger partial charge in [-0.15, -0.1) is 5.10 Å². The van der Waals surface area contributed by atoms with Crippen molar-refractivity contribution in [3.63, 3.8) is 0 Å². The molecular formula is C14H18N4O3. The quantitative estimate of drug-likeness (QED) is 0.789. The summed E-state index contributed by atoms with van der Waals surface area (Å²) in [6.07, 6.45) is 1.87. The van der Waals surface area contributed by atoms with Crippen LogP contribution in [0.2, 0.25) is 0 Å². The maximum Gasteiger partial charge on any atom is 0.358 e. The molecule has 0 atom stereocenters. The van der Waals surface area contributed by atoms with Crippen molar-refractivity contribution in [1.29, 1.82) is 0 Å². The van der Waals surface area contributed by atoms with Crippen molar-refractivity contribution in [3.8, 4) is 17.0 Å². The first kappa shape index (κ1) is 14.8. The first-order valence-corrected chi connectivity index (χ1v) is 6.69. The van der Waals surface area contributed by atoms with E-state index in [1.54, 1.807) is 22.9 Å². The number of aromatic carboxylic acids is 1. The number of anilines is 1. The molecule has 0 spiro atoms. The zero-order valence-corrected chi connectivity index (χ0v) is 12.0. The van der Waals surface area contributed by atoms with Crippen LogP contribution in [0.15, 0.2) is 18.2 Å². The van der Waals surface area contributed by atoms with Gasteiger partial charge in [-0.3, -0.25) is 0 Å². The van der Waals surface area contributed by atoms with Crippen LogP contribution in [0, 0.1) is 0 Å². The molecule has 1 aromatic carbocycles. The average Bonchev–Trinajstić information content (AvgIpc) is 2.89. The molecule has 21 heavy (non-hydrogen) atoms. The SMILES string of the molecule is CCCCn1nnc(C(=O)O)c1-c1ccc(OC)c(N)c1. The van der Waals surface area contributed by atoms with E-state index >= 15 is 0 Å². The molecule has 1 heterocycles. The van der Waals surface area contributed by atoms with Crippen LogP contribution in [0.5, 0.6) is 5.75 Å². The summed E-state index contributed by atoms with van der Waals surface area (Å²) in [6.45, 7) is 2.66. The Morgan fingerprint density at radius 1 is 1.48 bits per heavy atom. The molecule has 0 aliphatic carbocycles. The van der Waals surface area contributed by atoms with Crippen LogP contribution in [0.1, 0.15) is 30.3 Å². The fourth-order valence-electron chi connectivity index (χ4n) is 2.09. The van der Waals surface area contributed by atoms with E-state index in [1.165, 1.54) is 7.11 Å². The third-order valence-corrected chi connectivity index (χ3v) is 3.16. The van der Waals surface area contributed by atoms with E-state index in [0.29, 0.717) is 29.2 Å². The van der Waals surface area contributed by atoms with Crippen LogP contribution < -0.4 is 10.5 Å². The van der Waals surface area contributed by atoms with Gasteiger partial charge in [0.05, 0.1) is 12.8 Å². The van der Waals surface area contributed by atoms with E-state index in [9.17, 15) is 9.90 Å². The van der Waals surface area contributed by atoms with Crippen molar-refractivity contribution in [2.24, 2.45) is 0 Å². The lowest BCUT2D eigenvalue weighted by Crippen LogP contribution is -2.05. The summed E-state index contributed by atoms with van der Waals surface area (Å²) in [5, 5.41) is 17.0. The Labute approximate surface area is 122 Å². The molecule has 7 nitrogen and oxygen atoms in total. The summed E-state index contributed by atoms with van der Waals surface area (Å²) in [7, 11) is 1.53. The summed E-state index contributed by atoms with van der Waals surface area (Å²) in [5.74, 6) is -0.564. The summed E-state index contributed by atoms with van der Waals surface area (Å²) < 4.78 is 6.72. The molecular weight excluding hydrogens is 272 g/mol. The number of carboxylic acid groups (broad SMARTS) is 1. The van der Waals surface area contributed by atoms with Gasteiger partial charge in [0, 0.05) is 12.1 Å². The van der Waals surface area contributed by atoms with Crippen molar-refractivity contribution in [2.75, 3.05) is 12.8 Å². The van der Waals surface area contributed by atoms with Crippen molar-refractivity contribution < 1.29 is 14.6 Å². The minimum atomic E-state index is -1.11. The first-order chi connectivity index (χ1) is 10.1. The Balaban J connectivity index is 2.51. The van der Waals surface area contributed by atoms with E-state index < -0.39 is 5.97 Å². The van der Waals surface area contributed by atoms with Crippen molar-refractivity contribution >= 4 is 11.7 Å². The molecule has 0 amide bonds. The second-order valence-electron chi connectivity index (χ2n) is 4.63. The van der Waals surface area contributed by atoms with Crippen molar-refractivity contribution in [3.05, 3.63) is 23.9 Å². The van der Waals surface area contributed by atoms with Gasteiger partial charge in [0.1, 0.15) is 11.4 Å². The lowest BCUT2D eigenvalue weighted by atomic mass is 10.1. The predicted octanol–water partition coefficient (Wildman–Crippen LogP) is 2.03. The Morgan fingerprint density at radius 3 is 2.81 bits per heavy atom. The molecule has 0 radical (unpaired) electrons. The smallest absolute Gasteiger partial charge is 0.358 e. The molecule has 7 heteroatoms. The van der Waals surface area contributed by atoms with Gasteiger partial charge in [0.25, 0.3) is 0 Å². The fourth-order valence-corrected chi connectivity index (χ4v) is 2.09. The number of carboxylic acids is 1. The number of carbonyl (C=O) groups is 1. The van der Waals surface area contributed by atoms with E-state index in [1.807, 2.05) is 0 Å². The monoisotopic (exact) mass is 290 g/mol. The molecule has 0 unspecified atom stereocenters. The number of aromatic nitrogens is 3. The topological polar surface area (TPSA) is 103 Å². The Hall–Kier alpha value is -2.57. The number of methoxy groups -OCH3 is 1. The number of unbranched alkanes of at least 4 members (excludes halogenated alkanes) is 1. The molecule has 0 saturated heterocycles. The van der Waals surface area contributed by atoms with Crippen LogP contribution >= 0.6 is 0 Å². The van der Waals surface area contributed by atoms with E-state index in [0.717, 1.165) is 12.8 Å². The van der Waals surface area contributed by atoms with Gasteiger partial charge < -0.3 is 15.6 Å². The van der Waals surface area contributed by atoms with E-state index in [2.05, 4.69) is 17.2 Å². The molecule has 3 N–H and O–H groups in total. The standard InChI is InChI=1S/C14H18N4O3/c1-3-4-7-18-13(12(14(19)20)16-17-18)9-5-6-11(21-2)10(15)8-9/h5-6,8H,3-4,7,15H2,1-2H3,(H,19,20). The molecule has 0 aliphatic rings. The molecule has 2 aromatic rings. The maximum absolute atomic E-state index is 11.3. The average molecular weight is 290 g/mol. The second-order valence-corrected chi connectivity index (χ2v) is 4.63. The minimum absolute atomic E-state index is 0.0735. The Kier molecular flexibility index (Phi) is 4.42. The van der Waals surface area contributed by atoms with Crippen molar-refractivity contribution in [2.45, 2.75) is 26.3 Å². The van der Waals surface area contributed by atoms with Crippen LogP contribution in [0.25, 0.3) is 11.3 Å². The second kappa shape index (κ2) is 6.25. The third kappa shape index (κ3) is 2.96. The fraction of sp³-hybridized carbons (Fsp3) is 0.357. The number of rotatable bonds is 6. The van der Waals surface area contributed by atoms with Gasteiger partial charge in [0.2, 0.25) is 0 Å². The van der Waals surface area contributed by atoms with Gasteiger partial charge in [0.15, 0.2) is 5.69 Å². The maximum atomic E-state index is 11.3. The van der Waals surface area contributed by atoms with Gasteiger partial charge >= 0.3 is 5.97 Å². The third-order valence-electron chi connectivity index (χ3n) is 3.16. The lowest BCUT2D eigenvalue weighted by molar-refractivity contribution is 0.0691. The zero-order valence-electron chi connectivity index (χ0n) is 12.0. The number of benzene rings is 1. The minimum Gasteiger partial charge on any atom is -0.495 e. The number of ether oxygens (including phenoxy) is 1. The summed E-state index contributed by atoms with van der Waals surface area (Å²) in [6, 6.07) is 5.13. The molecule has 112 valence electrons. The molecule has 2 rings (SSSR count). The lowest BCUT2D eigenvalue weighted by Gasteiger charge is -2.09. The number of hydrogen-bond acceptors (Lipinski definition) is 5. The van der Waals surface area contributed by atoms with Crippen LogP contribution in [-0.4, -0.2) is 33.2 Å². The number of nitrogens with zero attached hydrogens (tertiary/aromatic N) is 3. The predicted molar refractivity (Wildman–Crippen MR) is 78.3 cm³/mol. The van der Waals surface area contributed by atoms with E-state index in [-0.39, 0.29) is 5.69 Å². The van der Waals surface area contributed by atoms with Gasteiger partial charge in [-0.2, -0.15) is 0 Å². The van der Waals surface area contributed by atoms with E-state index in [4.69, 9.17) is 10.5 Å². The molecule has 0 aliphatic heterocycles.